The minimum Gasteiger partial charge on any atom is -0.493 e. The minimum absolute atomic E-state index is 0.622. The third-order valence-corrected chi connectivity index (χ3v) is 5.28. The van der Waals surface area contributed by atoms with Gasteiger partial charge < -0.3 is 20.1 Å². The van der Waals surface area contributed by atoms with Gasteiger partial charge in [0.1, 0.15) is 5.75 Å². The molecule has 0 atom stereocenters. The maximum Gasteiger partial charge on any atom is 0.191 e. The lowest BCUT2D eigenvalue weighted by molar-refractivity contribution is 0.171. The number of hydrogen-bond acceptors (Lipinski definition) is 5. The normalized spacial score (nSPS) is 11.7. The van der Waals surface area contributed by atoms with Gasteiger partial charge in [0.25, 0.3) is 0 Å². The van der Waals surface area contributed by atoms with Gasteiger partial charge in [-0.05, 0) is 24.5 Å². The number of aryl methyl sites for hydroxylation is 1. The number of guanidine groups is 1. The summed E-state index contributed by atoms with van der Waals surface area (Å²) in [4.78, 5) is 10.0. The van der Waals surface area contributed by atoms with Gasteiger partial charge in [0.15, 0.2) is 5.96 Å². The van der Waals surface area contributed by atoms with E-state index in [0.29, 0.717) is 32.2 Å². The van der Waals surface area contributed by atoms with Crippen molar-refractivity contribution in [2.45, 2.75) is 46.7 Å². The van der Waals surface area contributed by atoms with Crippen LogP contribution in [0.5, 0.6) is 5.75 Å². The fourth-order valence-electron chi connectivity index (χ4n) is 2.77. The molecule has 6 nitrogen and oxygen atoms in total. The maximum absolute atomic E-state index is 5.96. The zero-order chi connectivity index (χ0) is 21.1. The monoisotopic (exact) mass is 418 g/mol. The van der Waals surface area contributed by atoms with E-state index in [4.69, 9.17) is 9.47 Å². The second kappa shape index (κ2) is 12.4. The highest BCUT2D eigenvalue weighted by Gasteiger charge is 2.08. The second-order valence-electron chi connectivity index (χ2n) is 7.40. The van der Waals surface area contributed by atoms with E-state index < -0.39 is 0 Å². The predicted molar refractivity (Wildman–Crippen MR) is 121 cm³/mol. The van der Waals surface area contributed by atoms with Crippen molar-refractivity contribution in [1.29, 1.82) is 0 Å². The summed E-state index contributed by atoms with van der Waals surface area (Å²) in [6.45, 7) is 9.19. The van der Waals surface area contributed by atoms with E-state index in [2.05, 4.69) is 59.6 Å². The van der Waals surface area contributed by atoms with Gasteiger partial charge in [-0.2, -0.15) is 0 Å². The molecule has 1 aromatic carbocycles. The van der Waals surface area contributed by atoms with Crippen molar-refractivity contribution >= 4 is 17.3 Å². The molecule has 0 aliphatic carbocycles. The molecule has 2 rings (SSSR count). The molecule has 0 aliphatic heterocycles. The fraction of sp³-hybridized carbons (Fsp3) is 0.545. The lowest BCUT2D eigenvalue weighted by Gasteiger charge is -2.15. The van der Waals surface area contributed by atoms with Gasteiger partial charge in [0.2, 0.25) is 0 Å². The van der Waals surface area contributed by atoms with Crippen molar-refractivity contribution in [2.75, 3.05) is 27.4 Å². The molecule has 7 heteroatoms. The molecule has 0 saturated carbocycles. The van der Waals surface area contributed by atoms with Crippen LogP contribution in [0.15, 0.2) is 29.4 Å². The van der Waals surface area contributed by atoms with Gasteiger partial charge in [-0.25, -0.2) is 4.98 Å². The maximum atomic E-state index is 5.96. The Bertz CT molecular complexity index is 774. The lowest BCUT2D eigenvalue weighted by atomic mass is 10.1. The van der Waals surface area contributed by atoms with Crippen LogP contribution < -0.4 is 15.4 Å². The van der Waals surface area contributed by atoms with Crippen LogP contribution >= 0.6 is 11.3 Å². The van der Waals surface area contributed by atoms with Crippen molar-refractivity contribution in [3.8, 4) is 5.75 Å². The number of thiazole rings is 1. The first-order valence-corrected chi connectivity index (χ1v) is 10.9. The van der Waals surface area contributed by atoms with Gasteiger partial charge in [0, 0.05) is 56.8 Å². The molecule has 2 N–H and O–H groups in total. The second-order valence-corrected chi connectivity index (χ2v) is 8.60. The molecule has 2 aromatic rings. The van der Waals surface area contributed by atoms with E-state index in [0.717, 1.165) is 30.1 Å². The standard InChI is InChI=1S/C22H34N4O2S/c1-16(2)11-21-24-14-19(29-21)15-26-22(23-4)25-13-18-8-7-17(3)12-20(18)28-10-6-9-27-5/h7-8,12,14,16H,6,9-11,13,15H2,1-5H3,(H2,23,25,26). The molecule has 0 aliphatic rings. The van der Waals surface area contributed by atoms with Crippen LogP contribution in [0.1, 0.15) is 41.3 Å². The van der Waals surface area contributed by atoms with Crippen molar-refractivity contribution in [1.82, 2.24) is 15.6 Å². The van der Waals surface area contributed by atoms with E-state index in [1.807, 2.05) is 6.20 Å². The van der Waals surface area contributed by atoms with Crippen molar-refractivity contribution in [3.63, 3.8) is 0 Å². The number of nitrogens with zero attached hydrogens (tertiary/aromatic N) is 2. The van der Waals surface area contributed by atoms with E-state index in [-0.39, 0.29) is 0 Å². The quantitative estimate of drug-likeness (QED) is 0.329. The Morgan fingerprint density at radius 2 is 2.00 bits per heavy atom. The van der Waals surface area contributed by atoms with Crippen LogP contribution in [0.2, 0.25) is 0 Å². The fourth-order valence-corrected chi connectivity index (χ4v) is 3.85. The van der Waals surface area contributed by atoms with Crippen LogP contribution in [0.3, 0.4) is 0 Å². The predicted octanol–water partition coefficient (Wildman–Crippen LogP) is 3.93. The Morgan fingerprint density at radius 3 is 2.72 bits per heavy atom. The first-order chi connectivity index (χ1) is 14.0. The molecular formula is C22H34N4O2S. The summed E-state index contributed by atoms with van der Waals surface area (Å²) in [5.74, 6) is 2.29. The molecule has 160 valence electrons. The zero-order valence-electron chi connectivity index (χ0n) is 18.2. The Morgan fingerprint density at radius 1 is 1.21 bits per heavy atom. The third kappa shape index (κ3) is 8.41. The lowest BCUT2D eigenvalue weighted by Crippen LogP contribution is -2.36. The van der Waals surface area contributed by atoms with Gasteiger partial charge in [0.05, 0.1) is 18.2 Å². The van der Waals surface area contributed by atoms with E-state index in [1.54, 1.807) is 25.5 Å². The summed E-state index contributed by atoms with van der Waals surface area (Å²) in [6, 6.07) is 6.28. The summed E-state index contributed by atoms with van der Waals surface area (Å²) in [7, 11) is 3.49. The van der Waals surface area contributed by atoms with Gasteiger partial charge in [-0.15, -0.1) is 11.3 Å². The van der Waals surface area contributed by atoms with Crippen molar-refractivity contribution in [2.24, 2.45) is 10.9 Å². The first kappa shape index (κ1) is 23.2. The number of aliphatic imine (C=N–C) groups is 1. The van der Waals surface area contributed by atoms with Gasteiger partial charge >= 0.3 is 0 Å². The molecule has 29 heavy (non-hydrogen) atoms. The van der Waals surface area contributed by atoms with E-state index >= 15 is 0 Å². The molecule has 0 bridgehead atoms. The molecule has 0 saturated heterocycles. The molecule has 1 heterocycles. The highest BCUT2D eigenvalue weighted by atomic mass is 32.1. The summed E-state index contributed by atoms with van der Waals surface area (Å²) < 4.78 is 11.1. The summed E-state index contributed by atoms with van der Waals surface area (Å²) in [6.07, 6.45) is 3.85. The minimum atomic E-state index is 0.622. The van der Waals surface area contributed by atoms with Gasteiger partial charge in [-0.3, -0.25) is 4.99 Å². The number of ether oxygens (including phenoxy) is 2. The smallest absolute Gasteiger partial charge is 0.191 e. The molecule has 0 fully saturated rings. The Labute approximate surface area is 178 Å². The Kier molecular flexibility index (Phi) is 9.94. The molecule has 0 spiro atoms. The number of nitrogens with one attached hydrogen (secondary N) is 2. The number of methoxy groups -OCH3 is 1. The molecule has 0 radical (unpaired) electrons. The zero-order valence-corrected chi connectivity index (χ0v) is 19.1. The average molecular weight is 419 g/mol. The van der Waals surface area contributed by atoms with Crippen LogP contribution in [-0.2, 0) is 24.2 Å². The van der Waals surface area contributed by atoms with Crippen LogP contribution in [0, 0.1) is 12.8 Å². The topological polar surface area (TPSA) is 67.8 Å². The van der Waals surface area contributed by atoms with Crippen LogP contribution in [0.4, 0.5) is 0 Å². The third-order valence-electron chi connectivity index (χ3n) is 4.26. The van der Waals surface area contributed by atoms with Crippen molar-refractivity contribution < 1.29 is 9.47 Å². The Balaban J connectivity index is 1.87. The highest BCUT2D eigenvalue weighted by Crippen LogP contribution is 2.21. The number of rotatable bonds is 11. The van der Waals surface area contributed by atoms with E-state index in [1.165, 1.54) is 15.4 Å². The largest absolute Gasteiger partial charge is 0.493 e. The number of hydrogen-bond donors (Lipinski definition) is 2. The molecule has 0 amide bonds. The van der Waals surface area contributed by atoms with Gasteiger partial charge in [-0.1, -0.05) is 26.0 Å². The average Bonchev–Trinajstić information content (AvgIpc) is 3.13. The van der Waals surface area contributed by atoms with Crippen LogP contribution in [0.25, 0.3) is 0 Å². The highest BCUT2D eigenvalue weighted by molar-refractivity contribution is 7.11. The summed E-state index contributed by atoms with van der Waals surface area (Å²) in [5.41, 5.74) is 2.29. The molecular weight excluding hydrogens is 384 g/mol. The molecule has 0 unspecified atom stereocenters. The molecule has 1 aromatic heterocycles. The SMILES string of the molecule is CN=C(NCc1cnc(CC(C)C)s1)NCc1ccc(C)cc1OCCCOC. The first-order valence-electron chi connectivity index (χ1n) is 10.1. The number of aromatic nitrogens is 1. The number of benzene rings is 1. The van der Waals surface area contributed by atoms with Crippen LogP contribution in [-0.4, -0.2) is 38.3 Å². The summed E-state index contributed by atoms with van der Waals surface area (Å²) in [5, 5.41) is 7.93. The van der Waals surface area contributed by atoms with E-state index in [9.17, 15) is 0 Å². The van der Waals surface area contributed by atoms with Crippen molar-refractivity contribution in [3.05, 3.63) is 45.4 Å². The summed E-state index contributed by atoms with van der Waals surface area (Å²) >= 11 is 1.76. The Hall–Kier alpha value is -2.12.